The first-order valence-electron chi connectivity index (χ1n) is 13.2. The van der Waals surface area contributed by atoms with E-state index < -0.39 is 17.6 Å². The van der Waals surface area contributed by atoms with Gasteiger partial charge in [0, 0.05) is 39.3 Å². The highest BCUT2D eigenvalue weighted by Gasteiger charge is 2.35. The number of hydrogen-bond acceptors (Lipinski definition) is 6. The number of aromatic nitrogens is 2. The van der Waals surface area contributed by atoms with Gasteiger partial charge in [0.25, 0.3) is 0 Å². The van der Waals surface area contributed by atoms with Crippen LogP contribution in [0.25, 0.3) is 11.0 Å². The predicted molar refractivity (Wildman–Crippen MR) is 138 cm³/mol. The molecule has 10 heteroatoms. The van der Waals surface area contributed by atoms with Gasteiger partial charge < -0.3 is 14.4 Å². The molecular weight excluding hydrogens is 476 g/mol. The lowest BCUT2D eigenvalue weighted by Gasteiger charge is -2.27. The number of aryl methyl sites for hydroxylation is 2. The fourth-order valence-electron chi connectivity index (χ4n) is 4.88. The first kappa shape index (κ1) is 26.9. The predicted octanol–water partition coefficient (Wildman–Crippen LogP) is 3.06. The van der Waals surface area contributed by atoms with Gasteiger partial charge in [-0.2, -0.15) is 0 Å². The molecule has 0 radical (unpaired) electrons. The lowest BCUT2D eigenvalue weighted by Crippen LogP contribution is -2.44. The molecule has 1 N–H and O–H groups in total. The fraction of sp³-hybridized carbons (Fsp3) is 0.630. The van der Waals surface area contributed by atoms with E-state index >= 15 is 0 Å². The average Bonchev–Trinajstić information content (AvgIpc) is 3.62. The number of piperidine rings is 1. The number of benzene rings is 1. The maximum absolute atomic E-state index is 13.0. The highest BCUT2D eigenvalue weighted by molar-refractivity contribution is 6.00. The van der Waals surface area contributed by atoms with Crippen molar-refractivity contribution in [2.75, 3.05) is 19.8 Å². The number of imidazole rings is 1. The number of nitrogens with one attached hydrogen (secondary N) is 1. The summed E-state index contributed by atoms with van der Waals surface area (Å²) in [6, 6.07) is 5.32. The average molecular weight is 515 g/mol. The number of hydrogen-bond donors (Lipinski definition) is 1. The Bertz CT molecular complexity index is 1220. The van der Waals surface area contributed by atoms with Gasteiger partial charge in [0.15, 0.2) is 0 Å². The first-order valence-corrected chi connectivity index (χ1v) is 13.2. The molecule has 2 heterocycles. The van der Waals surface area contributed by atoms with Crippen LogP contribution in [0.1, 0.15) is 70.9 Å². The van der Waals surface area contributed by atoms with Crippen molar-refractivity contribution in [2.45, 2.75) is 83.4 Å². The van der Waals surface area contributed by atoms with Crippen LogP contribution in [-0.2, 0) is 32.5 Å². The van der Waals surface area contributed by atoms with E-state index in [4.69, 9.17) is 9.47 Å². The van der Waals surface area contributed by atoms with E-state index in [-0.39, 0.29) is 30.2 Å². The van der Waals surface area contributed by atoms with Crippen LogP contribution in [0, 0.1) is 0 Å². The molecule has 0 spiro atoms. The summed E-state index contributed by atoms with van der Waals surface area (Å²) in [4.78, 5) is 51.3. The van der Waals surface area contributed by atoms with Crippen LogP contribution in [0.5, 0.6) is 0 Å². The van der Waals surface area contributed by atoms with Gasteiger partial charge in [-0.05, 0) is 70.9 Å². The van der Waals surface area contributed by atoms with Gasteiger partial charge in [-0.1, -0.05) is 12.1 Å². The Balaban J connectivity index is 1.30. The molecule has 37 heavy (non-hydrogen) atoms. The lowest BCUT2D eigenvalue weighted by molar-refractivity contribution is -0.135. The standard InChI is InChI=1S/C27H38N4O6/c1-27(2,3)37-26(35)30(19-11-12-19)15-7-17-36-16-6-9-18-8-5-10-20-23(18)29(4)25(34)31(20)21-13-14-22(32)28-24(21)33/h5,8,10,19,21H,6-7,9,11-17H2,1-4H3,(H,28,32,33). The number of carbonyl (C=O) groups is 3. The van der Waals surface area contributed by atoms with Gasteiger partial charge in [0.1, 0.15) is 11.6 Å². The summed E-state index contributed by atoms with van der Waals surface area (Å²) < 4.78 is 14.5. The molecule has 4 rings (SSSR count). The minimum atomic E-state index is -0.691. The summed E-state index contributed by atoms with van der Waals surface area (Å²) in [5, 5.41) is 2.34. The second-order valence-corrected chi connectivity index (χ2v) is 10.9. The van der Waals surface area contributed by atoms with Crippen LogP contribution in [0.15, 0.2) is 23.0 Å². The van der Waals surface area contributed by atoms with Crippen molar-refractivity contribution in [1.29, 1.82) is 0 Å². The fourth-order valence-corrected chi connectivity index (χ4v) is 4.88. The molecular formula is C27H38N4O6. The maximum Gasteiger partial charge on any atom is 0.410 e. The lowest BCUT2D eigenvalue weighted by atomic mass is 10.0. The third-order valence-corrected chi connectivity index (χ3v) is 6.75. The van der Waals surface area contributed by atoms with E-state index in [9.17, 15) is 19.2 Å². The number of imide groups is 1. The van der Waals surface area contributed by atoms with Gasteiger partial charge in [0.2, 0.25) is 11.8 Å². The van der Waals surface area contributed by atoms with Crippen LogP contribution in [0.3, 0.4) is 0 Å². The molecule has 1 saturated carbocycles. The summed E-state index contributed by atoms with van der Waals surface area (Å²) in [7, 11) is 1.71. The zero-order valence-corrected chi connectivity index (χ0v) is 22.2. The van der Waals surface area contributed by atoms with Crippen molar-refractivity contribution < 1.29 is 23.9 Å². The molecule has 202 valence electrons. The molecule has 1 aliphatic heterocycles. The Labute approximate surface area is 216 Å². The molecule has 0 bridgehead atoms. The Morgan fingerprint density at radius 3 is 2.51 bits per heavy atom. The number of fused-ring (bicyclic) bond motifs is 1. The highest BCUT2D eigenvalue weighted by Crippen LogP contribution is 2.29. The molecule has 2 aliphatic rings. The molecule has 1 aromatic carbocycles. The van der Waals surface area contributed by atoms with Crippen LogP contribution in [0.2, 0.25) is 0 Å². The van der Waals surface area contributed by atoms with E-state index in [1.807, 2.05) is 43.9 Å². The Hall–Kier alpha value is -3.14. The van der Waals surface area contributed by atoms with Crippen molar-refractivity contribution in [3.8, 4) is 0 Å². The number of amides is 3. The summed E-state index contributed by atoms with van der Waals surface area (Å²) in [6.45, 7) is 7.37. The third-order valence-electron chi connectivity index (χ3n) is 6.75. The minimum Gasteiger partial charge on any atom is -0.444 e. The second-order valence-electron chi connectivity index (χ2n) is 10.9. The van der Waals surface area contributed by atoms with E-state index in [0.29, 0.717) is 31.7 Å². The molecule has 2 aromatic rings. The summed E-state index contributed by atoms with van der Waals surface area (Å²) in [6.07, 6.45) is 4.57. The molecule has 1 aliphatic carbocycles. The quantitative estimate of drug-likeness (QED) is 0.385. The Kier molecular flexibility index (Phi) is 8.06. The van der Waals surface area contributed by atoms with Crippen molar-refractivity contribution in [1.82, 2.24) is 19.4 Å². The van der Waals surface area contributed by atoms with E-state index in [0.717, 1.165) is 43.2 Å². The number of nitrogens with zero attached hydrogens (tertiary/aromatic N) is 3. The monoisotopic (exact) mass is 514 g/mol. The Morgan fingerprint density at radius 1 is 1.11 bits per heavy atom. The van der Waals surface area contributed by atoms with E-state index in [1.54, 1.807) is 11.6 Å². The molecule has 2 fully saturated rings. The zero-order valence-electron chi connectivity index (χ0n) is 22.2. The summed E-state index contributed by atoms with van der Waals surface area (Å²) >= 11 is 0. The largest absolute Gasteiger partial charge is 0.444 e. The molecule has 10 nitrogen and oxygen atoms in total. The van der Waals surface area contributed by atoms with Crippen molar-refractivity contribution >= 4 is 28.9 Å². The van der Waals surface area contributed by atoms with Crippen LogP contribution < -0.4 is 11.0 Å². The van der Waals surface area contributed by atoms with Crippen molar-refractivity contribution in [2.24, 2.45) is 7.05 Å². The van der Waals surface area contributed by atoms with Crippen molar-refractivity contribution in [3.63, 3.8) is 0 Å². The number of carbonyl (C=O) groups excluding carboxylic acids is 3. The summed E-state index contributed by atoms with van der Waals surface area (Å²) in [5.41, 5.74) is 1.74. The van der Waals surface area contributed by atoms with Gasteiger partial charge in [-0.3, -0.25) is 24.0 Å². The van der Waals surface area contributed by atoms with E-state index in [1.165, 1.54) is 4.57 Å². The Morgan fingerprint density at radius 2 is 1.84 bits per heavy atom. The van der Waals surface area contributed by atoms with E-state index in [2.05, 4.69) is 5.32 Å². The summed E-state index contributed by atoms with van der Waals surface area (Å²) in [5.74, 6) is -0.739. The third kappa shape index (κ3) is 6.41. The highest BCUT2D eigenvalue weighted by atomic mass is 16.6. The van der Waals surface area contributed by atoms with Crippen molar-refractivity contribution in [3.05, 3.63) is 34.2 Å². The number of para-hydroxylation sites is 1. The van der Waals surface area contributed by atoms with Gasteiger partial charge >= 0.3 is 11.8 Å². The SMILES string of the molecule is Cn1c(=O)n(C2CCC(=O)NC2=O)c2cccc(CCCOCCCN(C(=O)OC(C)(C)C)C3CC3)c21. The van der Waals surface area contributed by atoms with Gasteiger partial charge in [-0.25, -0.2) is 9.59 Å². The maximum atomic E-state index is 13.0. The topological polar surface area (TPSA) is 112 Å². The van der Waals surface area contributed by atoms with Gasteiger partial charge in [-0.15, -0.1) is 0 Å². The molecule has 1 saturated heterocycles. The van der Waals surface area contributed by atoms with Crippen LogP contribution in [-0.4, -0.2) is 63.3 Å². The molecule has 1 atom stereocenters. The molecule has 1 aromatic heterocycles. The zero-order chi connectivity index (χ0) is 26.7. The number of rotatable bonds is 10. The normalized spacial score (nSPS) is 18.2. The second kappa shape index (κ2) is 11.1. The minimum absolute atomic E-state index is 0.215. The first-order chi connectivity index (χ1) is 17.6. The molecule has 3 amide bonds. The van der Waals surface area contributed by atoms with Crippen LogP contribution in [0.4, 0.5) is 4.79 Å². The van der Waals surface area contributed by atoms with Gasteiger partial charge in [0.05, 0.1) is 11.0 Å². The smallest absolute Gasteiger partial charge is 0.410 e. The number of ether oxygens (including phenoxy) is 2. The molecule has 1 unspecified atom stereocenters. The van der Waals surface area contributed by atoms with Crippen LogP contribution >= 0.6 is 0 Å².